The lowest BCUT2D eigenvalue weighted by Crippen LogP contribution is -2.58. The van der Waals surface area contributed by atoms with Gasteiger partial charge >= 0.3 is 6.18 Å². The predicted octanol–water partition coefficient (Wildman–Crippen LogP) is 1.98. The minimum atomic E-state index is -4.39. The number of nitrogens with zero attached hydrogens (tertiary/aromatic N) is 1. The lowest BCUT2D eigenvalue weighted by Gasteiger charge is -2.36. The van der Waals surface area contributed by atoms with Crippen LogP contribution in [-0.4, -0.2) is 61.9 Å². The first-order valence-electron chi connectivity index (χ1n) is 8.81. The highest BCUT2D eigenvalue weighted by atomic mass is 35.5. The van der Waals surface area contributed by atoms with Crippen LogP contribution in [0.1, 0.15) is 16.7 Å². The molecule has 2 aliphatic heterocycles. The number of nitrogens with one attached hydrogen (secondary N) is 2. The van der Waals surface area contributed by atoms with Gasteiger partial charge in [0.2, 0.25) is 0 Å². The quantitative estimate of drug-likeness (QED) is 0.801. The molecule has 5 nitrogen and oxygen atoms in total. The number of alkyl halides is 3. The van der Waals surface area contributed by atoms with Gasteiger partial charge in [-0.2, -0.15) is 13.2 Å². The van der Waals surface area contributed by atoms with Gasteiger partial charge < -0.3 is 15.4 Å². The Morgan fingerprint density at radius 1 is 1.30 bits per heavy atom. The van der Waals surface area contributed by atoms with Crippen LogP contribution >= 0.6 is 12.4 Å². The molecule has 0 spiro atoms. The van der Waals surface area contributed by atoms with E-state index in [2.05, 4.69) is 10.6 Å². The molecule has 2 atom stereocenters. The van der Waals surface area contributed by atoms with Crippen LogP contribution in [0.2, 0.25) is 0 Å². The fraction of sp³-hybridized carbons (Fsp3) is 0.611. The van der Waals surface area contributed by atoms with Crippen LogP contribution in [-0.2, 0) is 11.2 Å². The molecule has 1 saturated heterocycles. The maximum absolute atomic E-state index is 13.4. The van der Waals surface area contributed by atoms with E-state index in [-0.39, 0.29) is 12.4 Å². The van der Waals surface area contributed by atoms with Crippen LogP contribution in [0.3, 0.4) is 0 Å². The van der Waals surface area contributed by atoms with E-state index < -0.39 is 30.8 Å². The number of rotatable bonds is 4. The van der Waals surface area contributed by atoms with Crippen molar-refractivity contribution in [3.63, 3.8) is 0 Å². The number of hydrogen-bond donors (Lipinski definition) is 2. The molecule has 0 aromatic heterocycles. The largest absolute Gasteiger partial charge is 0.480 e. The SMILES string of the molecule is Cc1cc2c(cc1C)OC(C(=O)NCC(N1CCNCC1)C(F)(F)F)C2.Cl. The molecular weight excluding hydrogens is 383 g/mol. The first-order valence-corrected chi connectivity index (χ1v) is 8.81. The number of aryl methyl sites for hydroxylation is 2. The molecule has 2 aliphatic rings. The Morgan fingerprint density at radius 2 is 1.93 bits per heavy atom. The molecule has 0 saturated carbocycles. The smallest absolute Gasteiger partial charge is 0.405 e. The fourth-order valence-corrected chi connectivity index (χ4v) is 3.42. The van der Waals surface area contributed by atoms with Gasteiger partial charge in [0.05, 0.1) is 0 Å². The van der Waals surface area contributed by atoms with Crippen molar-refractivity contribution in [2.45, 2.75) is 38.6 Å². The zero-order valence-electron chi connectivity index (χ0n) is 15.4. The summed E-state index contributed by atoms with van der Waals surface area (Å²) in [7, 11) is 0. The summed E-state index contributed by atoms with van der Waals surface area (Å²) >= 11 is 0. The summed E-state index contributed by atoms with van der Waals surface area (Å²) in [6.07, 6.45) is -4.78. The molecule has 152 valence electrons. The number of hydrogen-bond acceptors (Lipinski definition) is 4. The van der Waals surface area contributed by atoms with Crippen LogP contribution in [0.25, 0.3) is 0 Å². The lowest BCUT2D eigenvalue weighted by molar-refractivity contribution is -0.184. The van der Waals surface area contributed by atoms with Crippen LogP contribution in [0.15, 0.2) is 12.1 Å². The van der Waals surface area contributed by atoms with Crippen molar-refractivity contribution >= 4 is 18.3 Å². The van der Waals surface area contributed by atoms with Crippen LogP contribution in [0, 0.1) is 13.8 Å². The fourth-order valence-electron chi connectivity index (χ4n) is 3.42. The Kier molecular flexibility index (Phi) is 6.99. The van der Waals surface area contributed by atoms with Crippen molar-refractivity contribution in [2.24, 2.45) is 0 Å². The molecule has 0 aliphatic carbocycles. The minimum Gasteiger partial charge on any atom is -0.480 e. The second-order valence-electron chi connectivity index (χ2n) is 6.94. The average molecular weight is 408 g/mol. The van der Waals surface area contributed by atoms with E-state index in [4.69, 9.17) is 4.74 Å². The monoisotopic (exact) mass is 407 g/mol. The van der Waals surface area contributed by atoms with Crippen molar-refractivity contribution in [2.75, 3.05) is 32.7 Å². The third-order valence-corrected chi connectivity index (χ3v) is 5.08. The Labute approximate surface area is 163 Å². The highest BCUT2D eigenvalue weighted by molar-refractivity contribution is 5.85. The number of carbonyl (C=O) groups excluding carboxylic acids is 1. The van der Waals surface area contributed by atoms with Crippen LogP contribution in [0.5, 0.6) is 5.75 Å². The molecule has 2 heterocycles. The summed E-state index contributed by atoms with van der Waals surface area (Å²) < 4.78 is 45.8. The number of halogens is 4. The van der Waals surface area contributed by atoms with E-state index in [9.17, 15) is 18.0 Å². The Hall–Kier alpha value is -1.51. The highest BCUT2D eigenvalue weighted by Crippen LogP contribution is 2.31. The van der Waals surface area contributed by atoms with Crippen molar-refractivity contribution in [3.05, 3.63) is 28.8 Å². The van der Waals surface area contributed by atoms with Gasteiger partial charge in [0.25, 0.3) is 5.91 Å². The van der Waals surface area contributed by atoms with Crippen molar-refractivity contribution in [1.82, 2.24) is 15.5 Å². The van der Waals surface area contributed by atoms with E-state index in [1.807, 2.05) is 26.0 Å². The van der Waals surface area contributed by atoms with Gasteiger partial charge in [-0.1, -0.05) is 6.07 Å². The number of piperazine rings is 1. The third kappa shape index (κ3) is 5.06. The Balaban J connectivity index is 0.00000261. The van der Waals surface area contributed by atoms with Crippen molar-refractivity contribution < 1.29 is 22.7 Å². The summed E-state index contributed by atoms with van der Waals surface area (Å²) in [5.41, 5.74) is 3.08. The molecule has 27 heavy (non-hydrogen) atoms. The summed E-state index contributed by atoms with van der Waals surface area (Å²) in [6, 6.07) is 2.16. The number of fused-ring (bicyclic) bond motifs is 1. The summed E-state index contributed by atoms with van der Waals surface area (Å²) in [5, 5.41) is 5.48. The Morgan fingerprint density at radius 3 is 2.56 bits per heavy atom. The first kappa shape index (κ1) is 21.8. The number of benzene rings is 1. The molecule has 1 aromatic rings. The van der Waals surface area contributed by atoms with E-state index in [0.717, 1.165) is 16.7 Å². The molecule has 1 aromatic carbocycles. The van der Waals surface area contributed by atoms with E-state index in [1.54, 1.807) is 0 Å². The van der Waals surface area contributed by atoms with Crippen molar-refractivity contribution in [1.29, 1.82) is 0 Å². The summed E-state index contributed by atoms with van der Waals surface area (Å²) in [4.78, 5) is 13.7. The van der Waals surface area contributed by atoms with Gasteiger partial charge in [0.1, 0.15) is 11.8 Å². The maximum Gasteiger partial charge on any atom is 0.405 e. The molecule has 2 unspecified atom stereocenters. The lowest BCUT2D eigenvalue weighted by atomic mass is 10.0. The van der Waals surface area contributed by atoms with Gasteiger partial charge in [0, 0.05) is 39.1 Å². The van der Waals surface area contributed by atoms with E-state index in [1.165, 1.54) is 4.90 Å². The van der Waals surface area contributed by atoms with Gasteiger partial charge in [-0.25, -0.2) is 0 Å². The first-order chi connectivity index (χ1) is 12.3. The molecule has 2 N–H and O–H groups in total. The predicted molar refractivity (Wildman–Crippen MR) is 98.6 cm³/mol. The third-order valence-electron chi connectivity index (χ3n) is 5.08. The van der Waals surface area contributed by atoms with E-state index in [0.29, 0.717) is 38.3 Å². The summed E-state index contributed by atoms with van der Waals surface area (Å²) in [6.45, 7) is 5.11. The van der Waals surface area contributed by atoms with Gasteiger partial charge in [-0.05, 0) is 36.6 Å². The second-order valence-corrected chi connectivity index (χ2v) is 6.94. The number of ether oxygens (including phenoxy) is 1. The van der Waals surface area contributed by atoms with Gasteiger partial charge in [0.15, 0.2) is 6.10 Å². The number of amides is 1. The second kappa shape index (κ2) is 8.67. The molecule has 1 amide bonds. The molecule has 1 fully saturated rings. The molecule has 3 rings (SSSR count). The van der Waals surface area contributed by atoms with Crippen LogP contribution in [0.4, 0.5) is 13.2 Å². The molecule has 0 radical (unpaired) electrons. The zero-order valence-corrected chi connectivity index (χ0v) is 16.2. The zero-order chi connectivity index (χ0) is 18.9. The maximum atomic E-state index is 13.4. The molecular formula is C18H25ClF3N3O2. The number of carbonyl (C=O) groups is 1. The Bertz CT molecular complexity index is 648. The topological polar surface area (TPSA) is 53.6 Å². The van der Waals surface area contributed by atoms with Gasteiger partial charge in [-0.15, -0.1) is 12.4 Å². The van der Waals surface area contributed by atoms with Gasteiger partial charge in [-0.3, -0.25) is 9.69 Å². The highest BCUT2D eigenvalue weighted by Gasteiger charge is 2.44. The van der Waals surface area contributed by atoms with Crippen molar-refractivity contribution in [3.8, 4) is 5.75 Å². The average Bonchev–Trinajstić information content (AvgIpc) is 2.98. The summed E-state index contributed by atoms with van der Waals surface area (Å²) in [5.74, 6) is 0.142. The molecule has 0 bridgehead atoms. The minimum absolute atomic E-state index is 0. The normalized spacial score (nSPS) is 21.0. The van der Waals surface area contributed by atoms with E-state index >= 15 is 0 Å². The molecule has 9 heteroatoms. The van der Waals surface area contributed by atoms with Crippen LogP contribution < -0.4 is 15.4 Å². The standard InChI is InChI=1S/C18H24F3N3O2.ClH/c1-11-7-13-9-15(26-14(13)8-12(11)2)17(25)23-10-16(18(19,20)21)24-5-3-22-4-6-24;/h7-8,15-16,22H,3-6,9-10H2,1-2H3,(H,23,25);1H.